The largest absolute Gasteiger partial charge is 0.426 e. The monoisotopic (exact) mass is 459 g/mol. The summed E-state index contributed by atoms with van der Waals surface area (Å²) in [5.41, 5.74) is -4.24. The summed E-state index contributed by atoms with van der Waals surface area (Å²) in [6, 6.07) is 0.278. The van der Waals surface area contributed by atoms with E-state index >= 15 is 0 Å². The zero-order valence-electron chi connectivity index (χ0n) is 21.7. The van der Waals surface area contributed by atoms with Crippen LogP contribution in [0.5, 0.6) is 0 Å². The van der Waals surface area contributed by atoms with Crippen molar-refractivity contribution in [3.05, 3.63) is 17.5 Å². The number of nitrogens with zero attached hydrogens (tertiary/aromatic N) is 3. The number of anilines is 2. The SMILES string of the molecule is [2H]C([2H])([2H])C1(C([2H])([2H])[2H])CCCCC[C@](O)(C(F)(F)F)c2nnc(o2)-c2nc(c(C(F)(F)F)cc2N)N1. The molecule has 0 spiro atoms. The molecule has 3 heterocycles. The highest BCUT2D eigenvalue weighted by Crippen LogP contribution is 2.44. The summed E-state index contributed by atoms with van der Waals surface area (Å²) < 4.78 is 135. The van der Waals surface area contributed by atoms with E-state index in [9.17, 15) is 31.4 Å². The van der Waals surface area contributed by atoms with Crippen molar-refractivity contribution in [1.82, 2.24) is 15.2 Å². The number of hydrogen-bond donors (Lipinski definition) is 3. The van der Waals surface area contributed by atoms with Crippen molar-refractivity contribution in [3.8, 4) is 11.6 Å². The molecule has 31 heavy (non-hydrogen) atoms. The number of rotatable bonds is 0. The highest BCUT2D eigenvalue weighted by atomic mass is 19.4. The van der Waals surface area contributed by atoms with Crippen molar-refractivity contribution < 1.29 is 44.1 Å². The van der Waals surface area contributed by atoms with Crippen molar-refractivity contribution in [2.24, 2.45) is 0 Å². The molecular formula is C18H21F6N5O2. The molecule has 4 bridgehead atoms. The molecule has 0 radical (unpaired) electrons. The third kappa shape index (κ3) is 4.55. The van der Waals surface area contributed by atoms with E-state index in [2.05, 4.69) is 15.2 Å². The Kier molecular flexibility index (Phi) is 3.92. The lowest BCUT2D eigenvalue weighted by Crippen LogP contribution is -2.42. The maximum Gasteiger partial charge on any atom is 0.426 e. The topological polar surface area (TPSA) is 110 Å². The Bertz CT molecular complexity index is 1140. The molecule has 2 aromatic rings. The first kappa shape index (κ1) is 16.1. The molecule has 0 saturated carbocycles. The van der Waals surface area contributed by atoms with E-state index in [0.29, 0.717) is 0 Å². The fraction of sp³-hybridized carbons (Fsp3) is 0.611. The van der Waals surface area contributed by atoms with Gasteiger partial charge in [0.25, 0.3) is 11.8 Å². The first-order valence-corrected chi connectivity index (χ1v) is 8.93. The lowest BCUT2D eigenvalue weighted by atomic mass is 9.92. The maximum atomic E-state index is 13.9. The number of aliphatic hydroxyl groups is 1. The highest BCUT2D eigenvalue weighted by Gasteiger charge is 2.58. The van der Waals surface area contributed by atoms with E-state index in [1.54, 1.807) is 0 Å². The third-order valence-electron chi connectivity index (χ3n) is 4.73. The van der Waals surface area contributed by atoms with Crippen molar-refractivity contribution in [2.45, 2.75) is 69.3 Å². The van der Waals surface area contributed by atoms with Crippen LogP contribution in [0.1, 0.15) is 65.5 Å². The zero-order chi connectivity index (χ0) is 28.2. The lowest BCUT2D eigenvalue weighted by molar-refractivity contribution is -0.277. The number of hydrogen-bond acceptors (Lipinski definition) is 7. The van der Waals surface area contributed by atoms with Crippen molar-refractivity contribution in [2.75, 3.05) is 11.1 Å². The summed E-state index contributed by atoms with van der Waals surface area (Å²) in [5.74, 6) is -3.49. The number of aromatic nitrogens is 3. The second-order valence-electron chi connectivity index (χ2n) is 7.18. The highest BCUT2D eigenvalue weighted by molar-refractivity contribution is 5.71. The molecule has 1 atom stereocenters. The number of nitrogen functional groups attached to an aromatic ring is 1. The average molecular weight is 459 g/mol. The Hall–Kier alpha value is -2.57. The van der Waals surface area contributed by atoms with Crippen LogP contribution in [-0.2, 0) is 11.8 Å². The van der Waals surface area contributed by atoms with Crippen LogP contribution in [0.3, 0.4) is 0 Å². The number of pyridine rings is 1. The Morgan fingerprint density at radius 1 is 1.13 bits per heavy atom. The minimum Gasteiger partial charge on any atom is -0.416 e. The van der Waals surface area contributed by atoms with Crippen LogP contribution < -0.4 is 11.1 Å². The number of nitrogens with two attached hydrogens (primary N) is 1. The van der Waals surface area contributed by atoms with Gasteiger partial charge in [-0.15, -0.1) is 10.2 Å². The minimum atomic E-state index is -5.32. The van der Waals surface area contributed by atoms with Crippen LogP contribution >= 0.6 is 0 Å². The van der Waals surface area contributed by atoms with Crippen molar-refractivity contribution >= 4 is 11.5 Å². The molecule has 13 heteroatoms. The summed E-state index contributed by atoms with van der Waals surface area (Å²) in [4.78, 5) is 3.59. The smallest absolute Gasteiger partial charge is 0.416 e. The molecule has 7 nitrogen and oxygen atoms in total. The van der Waals surface area contributed by atoms with Gasteiger partial charge in [0.15, 0.2) is 5.69 Å². The van der Waals surface area contributed by atoms with Gasteiger partial charge in [0, 0.05) is 13.8 Å². The van der Waals surface area contributed by atoms with Crippen LogP contribution in [0.2, 0.25) is 0 Å². The summed E-state index contributed by atoms with van der Waals surface area (Å²) >= 11 is 0. The molecule has 172 valence electrons. The molecule has 3 rings (SSSR count). The molecule has 2 aromatic heterocycles. The molecule has 0 unspecified atom stereocenters. The lowest BCUT2D eigenvalue weighted by Gasteiger charge is -2.30. The van der Waals surface area contributed by atoms with Crippen LogP contribution in [0.4, 0.5) is 37.8 Å². The standard InChI is InChI=1S/C18H21F6N5O2/c1-15(2)6-4-3-5-7-16(30,18(22,23)24)14-29-28-13(31-14)11-10(25)8-9(17(19,20)21)12(26-11)27-15/h8,30H,3-7,25H2,1-2H3,(H,26,27)/t16-/m1/s1/i1D3,2D3. The van der Waals surface area contributed by atoms with E-state index < -0.39 is 91.0 Å². The molecular weight excluding hydrogens is 432 g/mol. The minimum absolute atomic E-state index is 0.235. The van der Waals surface area contributed by atoms with Gasteiger partial charge in [0.05, 0.1) is 11.3 Å². The molecule has 4 N–H and O–H groups in total. The predicted octanol–water partition coefficient (Wildman–Crippen LogP) is 4.64. The molecule has 1 aliphatic heterocycles. The molecule has 0 aliphatic carbocycles. The second kappa shape index (κ2) is 7.53. The Morgan fingerprint density at radius 2 is 1.81 bits per heavy atom. The van der Waals surface area contributed by atoms with Gasteiger partial charge in [-0.25, -0.2) is 4.98 Å². The molecule has 0 amide bonds. The van der Waals surface area contributed by atoms with E-state index in [1.165, 1.54) is 0 Å². The quantitative estimate of drug-likeness (QED) is 0.493. The fourth-order valence-corrected chi connectivity index (χ4v) is 3.08. The van der Waals surface area contributed by atoms with Gasteiger partial charge in [-0.3, -0.25) is 0 Å². The van der Waals surface area contributed by atoms with Crippen LogP contribution in [0, 0.1) is 0 Å². The third-order valence-corrected chi connectivity index (χ3v) is 4.73. The van der Waals surface area contributed by atoms with Crippen LogP contribution in [-0.4, -0.2) is 32.0 Å². The van der Waals surface area contributed by atoms with E-state index in [1.807, 2.05) is 5.32 Å². The van der Waals surface area contributed by atoms with Crippen LogP contribution in [0.15, 0.2) is 10.5 Å². The number of alkyl halides is 6. The normalized spacial score (nSPS) is 26.2. The van der Waals surface area contributed by atoms with Gasteiger partial charge in [-0.1, -0.05) is 12.8 Å². The van der Waals surface area contributed by atoms with Gasteiger partial charge in [-0.2, -0.15) is 26.3 Å². The second-order valence-corrected chi connectivity index (χ2v) is 7.18. The van der Waals surface area contributed by atoms with E-state index in [0.717, 1.165) is 0 Å². The molecule has 1 aliphatic rings. The van der Waals surface area contributed by atoms with Gasteiger partial charge >= 0.3 is 12.4 Å². The van der Waals surface area contributed by atoms with Gasteiger partial charge in [0.1, 0.15) is 5.82 Å². The van der Waals surface area contributed by atoms with Gasteiger partial charge < -0.3 is 20.6 Å². The fourth-order valence-electron chi connectivity index (χ4n) is 3.08. The summed E-state index contributed by atoms with van der Waals surface area (Å²) in [6.07, 6.45) is -13.3. The zero-order valence-corrected chi connectivity index (χ0v) is 15.7. The van der Waals surface area contributed by atoms with E-state index in [4.69, 9.17) is 18.4 Å². The Labute approximate surface area is 181 Å². The number of nitrogens with one attached hydrogen (secondary N) is 1. The van der Waals surface area contributed by atoms with E-state index in [-0.39, 0.29) is 18.9 Å². The number of halogens is 6. The number of fused-ring (bicyclic) bond motifs is 5. The molecule has 0 fully saturated rings. The Balaban J connectivity index is 2.35. The van der Waals surface area contributed by atoms with Gasteiger partial charge in [-0.05, 0) is 39.0 Å². The predicted molar refractivity (Wildman–Crippen MR) is 97.7 cm³/mol. The van der Waals surface area contributed by atoms with Gasteiger partial charge in [0.2, 0.25) is 5.60 Å². The molecule has 0 aromatic carbocycles. The first-order valence-electron chi connectivity index (χ1n) is 11.9. The first-order chi connectivity index (χ1) is 16.6. The average Bonchev–Trinajstić information content (AvgIpc) is 3.19. The summed E-state index contributed by atoms with van der Waals surface area (Å²) in [6.45, 7) is -6.88. The summed E-state index contributed by atoms with van der Waals surface area (Å²) in [7, 11) is 0. The van der Waals surface area contributed by atoms with Crippen molar-refractivity contribution in [3.63, 3.8) is 0 Å². The van der Waals surface area contributed by atoms with Crippen molar-refractivity contribution in [1.29, 1.82) is 0 Å². The Morgan fingerprint density at radius 3 is 2.42 bits per heavy atom. The van der Waals surface area contributed by atoms with Crippen LogP contribution in [0.25, 0.3) is 11.6 Å². The maximum absolute atomic E-state index is 13.9. The summed E-state index contributed by atoms with van der Waals surface area (Å²) in [5, 5.41) is 18.9. The molecule has 0 saturated heterocycles.